The van der Waals surface area contributed by atoms with Crippen molar-refractivity contribution in [3.63, 3.8) is 0 Å². The van der Waals surface area contributed by atoms with E-state index < -0.39 is 16.0 Å². The Kier molecular flexibility index (Phi) is 3.23. The molecule has 88 valence electrons. The third-order valence-corrected chi connectivity index (χ3v) is 3.41. The first-order valence-electron chi connectivity index (χ1n) is 4.51. The molecule has 0 aliphatic carbocycles. The minimum Gasteiger partial charge on any atom is -0.478 e. The van der Waals surface area contributed by atoms with Crippen molar-refractivity contribution in [1.82, 2.24) is 0 Å². The lowest BCUT2D eigenvalue weighted by Gasteiger charge is -2.19. The zero-order valence-electron chi connectivity index (χ0n) is 9.26. The highest BCUT2D eigenvalue weighted by atomic mass is 32.2. The molecule has 0 heterocycles. The van der Waals surface area contributed by atoms with Gasteiger partial charge in [0.1, 0.15) is 0 Å². The predicted octanol–water partition coefficient (Wildman–Crippen LogP) is 1.09. The van der Waals surface area contributed by atoms with Crippen LogP contribution in [0.5, 0.6) is 0 Å². The molecule has 0 aliphatic heterocycles. The van der Waals surface area contributed by atoms with E-state index in [1.165, 1.54) is 19.2 Å². The van der Waals surface area contributed by atoms with Gasteiger partial charge in [0.25, 0.3) is 0 Å². The fraction of sp³-hybridized carbons (Fsp3) is 0.300. The highest BCUT2D eigenvalue weighted by Gasteiger charge is 2.19. The lowest BCUT2D eigenvalue weighted by molar-refractivity contribution is 0.0698. The molecule has 0 spiro atoms. The van der Waals surface area contributed by atoms with E-state index in [1.807, 2.05) is 0 Å². The summed E-state index contributed by atoms with van der Waals surface area (Å²) >= 11 is 0. The third kappa shape index (κ3) is 2.52. The summed E-state index contributed by atoms with van der Waals surface area (Å²) in [6.07, 6.45) is 1.03. The first-order valence-corrected chi connectivity index (χ1v) is 6.36. The Morgan fingerprint density at radius 1 is 1.38 bits per heavy atom. The number of carboxylic acids is 1. The molecule has 0 saturated heterocycles. The van der Waals surface area contributed by atoms with Crippen LogP contribution in [0, 0.1) is 6.92 Å². The maximum atomic E-state index is 11.4. The number of aromatic carboxylic acids is 1. The van der Waals surface area contributed by atoms with Gasteiger partial charge in [0.05, 0.1) is 17.5 Å². The summed E-state index contributed by atoms with van der Waals surface area (Å²) in [6.45, 7) is 1.77. The van der Waals surface area contributed by atoms with Crippen molar-refractivity contribution in [1.29, 1.82) is 0 Å². The minimum atomic E-state index is -3.46. The monoisotopic (exact) mass is 243 g/mol. The standard InChI is InChI=1S/C10H13NO4S/c1-7-4-5-8(10(12)13)9(6-7)11(2)16(3,14)15/h4-6H,1-3H3,(H,12,13). The number of aryl methyl sites for hydroxylation is 1. The first-order chi connectivity index (χ1) is 7.23. The van der Waals surface area contributed by atoms with E-state index in [-0.39, 0.29) is 11.3 Å². The molecule has 0 unspecified atom stereocenters. The topological polar surface area (TPSA) is 74.7 Å². The molecule has 1 N–H and O–H groups in total. The van der Waals surface area contributed by atoms with Crippen LogP contribution in [0.2, 0.25) is 0 Å². The highest BCUT2D eigenvalue weighted by molar-refractivity contribution is 7.92. The second-order valence-corrected chi connectivity index (χ2v) is 5.57. The van der Waals surface area contributed by atoms with E-state index in [4.69, 9.17) is 5.11 Å². The van der Waals surface area contributed by atoms with Gasteiger partial charge in [-0.1, -0.05) is 6.07 Å². The number of carbonyl (C=O) groups is 1. The molecule has 0 atom stereocenters. The van der Waals surface area contributed by atoms with E-state index in [2.05, 4.69) is 0 Å². The average molecular weight is 243 g/mol. The molecule has 1 rings (SSSR count). The molecule has 0 bridgehead atoms. The summed E-state index contributed by atoms with van der Waals surface area (Å²) in [5.41, 5.74) is 0.948. The van der Waals surface area contributed by atoms with Gasteiger partial charge in [-0.25, -0.2) is 13.2 Å². The Morgan fingerprint density at radius 3 is 2.38 bits per heavy atom. The summed E-state index contributed by atoms with van der Waals surface area (Å²) in [7, 11) is -2.13. The summed E-state index contributed by atoms with van der Waals surface area (Å²) in [4.78, 5) is 10.9. The van der Waals surface area contributed by atoms with Crippen LogP contribution in [0.15, 0.2) is 18.2 Å². The molecular formula is C10H13NO4S. The van der Waals surface area contributed by atoms with E-state index in [9.17, 15) is 13.2 Å². The number of benzene rings is 1. The number of rotatable bonds is 3. The number of nitrogens with zero attached hydrogens (tertiary/aromatic N) is 1. The quantitative estimate of drug-likeness (QED) is 0.862. The Hall–Kier alpha value is -1.56. The molecular weight excluding hydrogens is 230 g/mol. The van der Waals surface area contributed by atoms with Crippen LogP contribution >= 0.6 is 0 Å². The predicted molar refractivity (Wildman–Crippen MR) is 61.4 cm³/mol. The number of hydrogen-bond acceptors (Lipinski definition) is 3. The maximum Gasteiger partial charge on any atom is 0.337 e. The molecule has 1 aromatic rings. The van der Waals surface area contributed by atoms with Crippen molar-refractivity contribution in [3.05, 3.63) is 29.3 Å². The molecule has 0 saturated carbocycles. The fourth-order valence-electron chi connectivity index (χ4n) is 1.26. The minimum absolute atomic E-state index is 0.0291. The summed E-state index contributed by atoms with van der Waals surface area (Å²) < 4.78 is 23.7. The van der Waals surface area contributed by atoms with Crippen molar-refractivity contribution in [2.24, 2.45) is 0 Å². The second kappa shape index (κ2) is 4.13. The number of hydrogen-bond donors (Lipinski definition) is 1. The van der Waals surface area contributed by atoms with Crippen LogP contribution in [0.4, 0.5) is 5.69 Å². The van der Waals surface area contributed by atoms with E-state index in [0.717, 1.165) is 16.1 Å². The van der Waals surface area contributed by atoms with Gasteiger partial charge in [-0.05, 0) is 24.6 Å². The maximum absolute atomic E-state index is 11.4. The van der Waals surface area contributed by atoms with Gasteiger partial charge in [-0.3, -0.25) is 4.31 Å². The molecule has 1 aromatic carbocycles. The van der Waals surface area contributed by atoms with Gasteiger partial charge in [0.2, 0.25) is 10.0 Å². The van der Waals surface area contributed by atoms with Gasteiger partial charge in [0.15, 0.2) is 0 Å². The van der Waals surface area contributed by atoms with Gasteiger partial charge >= 0.3 is 5.97 Å². The van der Waals surface area contributed by atoms with Gasteiger partial charge in [-0.15, -0.1) is 0 Å². The smallest absolute Gasteiger partial charge is 0.337 e. The van der Waals surface area contributed by atoms with Crippen molar-refractivity contribution in [2.45, 2.75) is 6.92 Å². The summed E-state index contributed by atoms with van der Waals surface area (Å²) in [5.74, 6) is -1.15. The Labute approximate surface area is 94.4 Å². The molecule has 16 heavy (non-hydrogen) atoms. The Bertz CT molecular complexity index is 522. The van der Waals surface area contributed by atoms with Gasteiger partial charge < -0.3 is 5.11 Å². The SMILES string of the molecule is Cc1ccc(C(=O)O)c(N(C)S(C)(=O)=O)c1. The third-order valence-electron chi connectivity index (χ3n) is 2.22. The van der Waals surface area contributed by atoms with Crippen LogP contribution in [0.25, 0.3) is 0 Å². The Morgan fingerprint density at radius 2 is 1.94 bits per heavy atom. The average Bonchev–Trinajstić information content (AvgIpc) is 2.14. The zero-order valence-corrected chi connectivity index (χ0v) is 10.1. The van der Waals surface area contributed by atoms with E-state index in [1.54, 1.807) is 13.0 Å². The van der Waals surface area contributed by atoms with E-state index >= 15 is 0 Å². The van der Waals surface area contributed by atoms with Crippen molar-refractivity contribution < 1.29 is 18.3 Å². The molecule has 6 heteroatoms. The number of sulfonamides is 1. The highest BCUT2D eigenvalue weighted by Crippen LogP contribution is 2.23. The van der Waals surface area contributed by atoms with Gasteiger partial charge in [-0.2, -0.15) is 0 Å². The van der Waals surface area contributed by atoms with Crippen molar-refractivity contribution in [3.8, 4) is 0 Å². The molecule has 0 fully saturated rings. The van der Waals surface area contributed by atoms with Crippen molar-refractivity contribution >= 4 is 21.7 Å². The summed E-state index contributed by atoms with van der Waals surface area (Å²) in [6, 6.07) is 4.56. The lowest BCUT2D eigenvalue weighted by Crippen LogP contribution is -2.26. The van der Waals surface area contributed by atoms with Crippen LogP contribution in [0.3, 0.4) is 0 Å². The molecule has 0 aromatic heterocycles. The molecule has 0 aliphatic rings. The van der Waals surface area contributed by atoms with Crippen LogP contribution < -0.4 is 4.31 Å². The lowest BCUT2D eigenvalue weighted by atomic mass is 10.1. The van der Waals surface area contributed by atoms with Crippen LogP contribution in [0.1, 0.15) is 15.9 Å². The van der Waals surface area contributed by atoms with Crippen LogP contribution in [-0.2, 0) is 10.0 Å². The van der Waals surface area contributed by atoms with E-state index in [0.29, 0.717) is 0 Å². The van der Waals surface area contributed by atoms with Crippen LogP contribution in [-0.4, -0.2) is 32.8 Å². The molecule has 0 amide bonds. The number of anilines is 1. The van der Waals surface area contributed by atoms with Crippen molar-refractivity contribution in [2.75, 3.05) is 17.6 Å². The number of carboxylic acid groups (broad SMARTS) is 1. The second-order valence-electron chi connectivity index (χ2n) is 3.56. The largest absolute Gasteiger partial charge is 0.478 e. The first kappa shape index (κ1) is 12.5. The normalized spacial score (nSPS) is 11.2. The summed E-state index contributed by atoms with van der Waals surface area (Å²) in [5, 5.41) is 8.95. The zero-order chi connectivity index (χ0) is 12.5. The van der Waals surface area contributed by atoms with Gasteiger partial charge in [0, 0.05) is 7.05 Å². The molecule has 5 nitrogen and oxygen atoms in total. The Balaban J connectivity index is 3.42. The fourth-order valence-corrected chi connectivity index (χ4v) is 1.77. The molecule has 0 radical (unpaired) electrons.